The van der Waals surface area contributed by atoms with E-state index in [0.29, 0.717) is 0 Å². The highest BCUT2D eigenvalue weighted by Gasteiger charge is 2.03. The lowest BCUT2D eigenvalue weighted by Crippen LogP contribution is -2.15. The summed E-state index contributed by atoms with van der Waals surface area (Å²) in [6.45, 7) is 1.97. The van der Waals surface area contributed by atoms with Gasteiger partial charge >= 0.3 is 9.28 Å². The molecule has 0 aliphatic heterocycles. The smallest absolute Gasteiger partial charge is 0.394 e. The minimum Gasteiger partial charge on any atom is -0.394 e. The monoisotopic (exact) mass is 157 g/mol. The third kappa shape index (κ3) is 4.49. The van der Waals surface area contributed by atoms with Gasteiger partial charge in [0.1, 0.15) is 0 Å². The van der Waals surface area contributed by atoms with Crippen molar-refractivity contribution >= 4 is 9.28 Å². The topological polar surface area (TPSA) is 18.5 Å². The highest BCUT2D eigenvalue weighted by Crippen LogP contribution is 1.87. The summed E-state index contributed by atoms with van der Waals surface area (Å²) in [6, 6.07) is 0. The second-order valence-corrected chi connectivity index (χ2v) is 3.40. The molecule has 0 amide bonds. The molecule has 0 aliphatic carbocycles. The minimum atomic E-state index is -1.13. The predicted octanol–water partition coefficient (Wildman–Crippen LogP) is 1.44. The van der Waals surface area contributed by atoms with Crippen molar-refractivity contribution in [3.8, 4) is 0 Å². The van der Waals surface area contributed by atoms with E-state index in [4.69, 9.17) is 8.85 Å². The van der Waals surface area contributed by atoms with Crippen LogP contribution in [0.25, 0.3) is 0 Å². The Morgan fingerprint density at radius 1 is 1.10 bits per heavy atom. The van der Waals surface area contributed by atoms with Crippen LogP contribution in [0.2, 0.25) is 0 Å². The summed E-state index contributed by atoms with van der Waals surface area (Å²) in [4.78, 5) is 0. The average Bonchev–Trinajstić information content (AvgIpc) is 1.99. The van der Waals surface area contributed by atoms with Gasteiger partial charge in [-0.2, -0.15) is 0 Å². The Morgan fingerprint density at radius 2 is 1.70 bits per heavy atom. The van der Waals surface area contributed by atoms with Gasteiger partial charge in [-0.05, 0) is 12.6 Å². The second-order valence-electron chi connectivity index (χ2n) is 1.61. The SMILES string of the molecule is CC=CC=C[Si](OC)OC. The zero-order chi connectivity index (χ0) is 7.82. The van der Waals surface area contributed by atoms with Crippen LogP contribution in [-0.4, -0.2) is 23.5 Å². The number of hydrogen-bond donors (Lipinski definition) is 0. The van der Waals surface area contributed by atoms with E-state index in [1.54, 1.807) is 14.2 Å². The summed E-state index contributed by atoms with van der Waals surface area (Å²) in [5.74, 6) is 0. The Hall–Kier alpha value is -0.383. The molecule has 0 rings (SSSR count). The van der Waals surface area contributed by atoms with Crippen LogP contribution in [-0.2, 0) is 8.85 Å². The Morgan fingerprint density at radius 3 is 2.10 bits per heavy atom. The molecule has 0 heterocycles. The Balaban J connectivity index is 3.60. The molecule has 0 fully saturated rings. The van der Waals surface area contributed by atoms with Gasteiger partial charge in [0, 0.05) is 14.2 Å². The van der Waals surface area contributed by atoms with Crippen LogP contribution in [0.1, 0.15) is 6.92 Å². The standard InChI is InChI=1S/C7H13O2Si/c1-4-5-6-7-10(8-2)9-3/h4-7H,1-3H3. The van der Waals surface area contributed by atoms with Crippen molar-refractivity contribution in [3.05, 3.63) is 23.9 Å². The maximum absolute atomic E-state index is 5.00. The average molecular weight is 157 g/mol. The van der Waals surface area contributed by atoms with Crippen molar-refractivity contribution < 1.29 is 8.85 Å². The van der Waals surface area contributed by atoms with E-state index in [9.17, 15) is 0 Å². The third-order valence-electron chi connectivity index (χ3n) is 0.938. The van der Waals surface area contributed by atoms with Crippen LogP contribution in [0.4, 0.5) is 0 Å². The molecule has 2 nitrogen and oxygen atoms in total. The van der Waals surface area contributed by atoms with Crippen molar-refractivity contribution in [2.24, 2.45) is 0 Å². The van der Waals surface area contributed by atoms with E-state index in [0.717, 1.165) is 0 Å². The van der Waals surface area contributed by atoms with E-state index >= 15 is 0 Å². The molecular weight excluding hydrogens is 144 g/mol. The lowest BCUT2D eigenvalue weighted by atomic mass is 10.5. The van der Waals surface area contributed by atoms with Gasteiger partial charge in [0.15, 0.2) is 0 Å². The number of allylic oxidation sites excluding steroid dienone is 3. The van der Waals surface area contributed by atoms with Crippen LogP contribution >= 0.6 is 0 Å². The molecule has 0 aromatic heterocycles. The van der Waals surface area contributed by atoms with Gasteiger partial charge in [-0.3, -0.25) is 0 Å². The van der Waals surface area contributed by atoms with Crippen LogP contribution in [0.3, 0.4) is 0 Å². The first-order valence-electron chi connectivity index (χ1n) is 3.09. The molecule has 0 aromatic rings. The molecule has 0 saturated carbocycles. The maximum atomic E-state index is 5.00. The van der Waals surface area contributed by atoms with Gasteiger partial charge in [-0.1, -0.05) is 18.2 Å². The summed E-state index contributed by atoms with van der Waals surface area (Å²) in [6.07, 6.45) is 5.84. The van der Waals surface area contributed by atoms with Gasteiger partial charge in [-0.25, -0.2) is 0 Å². The predicted molar refractivity (Wildman–Crippen MR) is 43.7 cm³/mol. The van der Waals surface area contributed by atoms with Crippen molar-refractivity contribution in [3.63, 3.8) is 0 Å². The van der Waals surface area contributed by atoms with Gasteiger partial charge < -0.3 is 8.85 Å². The third-order valence-corrected chi connectivity index (χ3v) is 2.21. The van der Waals surface area contributed by atoms with E-state index in [-0.39, 0.29) is 0 Å². The summed E-state index contributed by atoms with van der Waals surface area (Å²) >= 11 is 0. The Labute approximate surface area is 64.0 Å². The van der Waals surface area contributed by atoms with Gasteiger partial charge in [0.2, 0.25) is 0 Å². The minimum absolute atomic E-state index is 1.13. The molecule has 0 N–H and O–H groups in total. The molecule has 0 bridgehead atoms. The van der Waals surface area contributed by atoms with Crippen molar-refractivity contribution in [2.45, 2.75) is 6.92 Å². The van der Waals surface area contributed by atoms with E-state index in [1.165, 1.54) is 0 Å². The highest BCUT2D eigenvalue weighted by atomic mass is 28.3. The first-order valence-corrected chi connectivity index (χ1v) is 4.48. The largest absolute Gasteiger partial charge is 0.415 e. The fourth-order valence-electron chi connectivity index (χ4n) is 0.465. The normalized spacial score (nSPS) is 12.4. The Kier molecular flexibility index (Phi) is 6.47. The second kappa shape index (κ2) is 6.73. The number of rotatable bonds is 4. The van der Waals surface area contributed by atoms with E-state index in [2.05, 4.69) is 0 Å². The van der Waals surface area contributed by atoms with Gasteiger partial charge in [0.05, 0.1) is 0 Å². The molecule has 10 heavy (non-hydrogen) atoms. The lowest BCUT2D eigenvalue weighted by molar-refractivity contribution is 0.290. The summed E-state index contributed by atoms with van der Waals surface area (Å²) < 4.78 is 10.0. The highest BCUT2D eigenvalue weighted by molar-refractivity contribution is 6.50. The molecule has 0 aliphatic rings. The van der Waals surface area contributed by atoms with Crippen LogP contribution in [0.15, 0.2) is 23.9 Å². The fraction of sp³-hybridized carbons (Fsp3) is 0.429. The molecule has 0 atom stereocenters. The van der Waals surface area contributed by atoms with E-state index in [1.807, 2.05) is 30.9 Å². The maximum Gasteiger partial charge on any atom is 0.415 e. The molecule has 0 spiro atoms. The summed E-state index contributed by atoms with van der Waals surface area (Å²) in [5, 5.41) is 0. The van der Waals surface area contributed by atoms with Crippen molar-refractivity contribution in [1.29, 1.82) is 0 Å². The first-order chi connectivity index (χ1) is 4.85. The quantitative estimate of drug-likeness (QED) is 0.454. The Bertz CT molecular complexity index is 117. The zero-order valence-electron chi connectivity index (χ0n) is 6.63. The summed E-state index contributed by atoms with van der Waals surface area (Å²) in [5.41, 5.74) is 1.94. The summed E-state index contributed by atoms with van der Waals surface area (Å²) in [7, 11) is 2.17. The molecular formula is C7H13O2Si. The molecule has 0 aromatic carbocycles. The van der Waals surface area contributed by atoms with Gasteiger partial charge in [0.25, 0.3) is 0 Å². The van der Waals surface area contributed by atoms with Crippen LogP contribution < -0.4 is 0 Å². The number of hydrogen-bond acceptors (Lipinski definition) is 2. The van der Waals surface area contributed by atoms with Gasteiger partial charge in [-0.15, -0.1) is 0 Å². The molecule has 3 heteroatoms. The van der Waals surface area contributed by atoms with Crippen molar-refractivity contribution in [2.75, 3.05) is 14.2 Å². The fourth-order valence-corrected chi connectivity index (χ4v) is 1.17. The molecule has 0 saturated heterocycles. The molecule has 0 unspecified atom stereocenters. The lowest BCUT2D eigenvalue weighted by Gasteiger charge is -2.00. The van der Waals surface area contributed by atoms with Crippen LogP contribution in [0.5, 0.6) is 0 Å². The molecule has 57 valence electrons. The van der Waals surface area contributed by atoms with Crippen molar-refractivity contribution in [1.82, 2.24) is 0 Å². The molecule has 1 radical (unpaired) electrons. The zero-order valence-corrected chi connectivity index (χ0v) is 7.63. The first kappa shape index (κ1) is 9.62. The van der Waals surface area contributed by atoms with E-state index < -0.39 is 9.28 Å². The van der Waals surface area contributed by atoms with Crippen LogP contribution in [0, 0.1) is 0 Å².